The summed E-state index contributed by atoms with van der Waals surface area (Å²) < 4.78 is 62.0. The van der Waals surface area contributed by atoms with Gasteiger partial charge in [-0.05, 0) is 0 Å². The smallest absolute Gasteiger partial charge is 0.386 e. The number of rotatable bonds is 23. The molecule has 29 heteroatoms. The predicted octanol–water partition coefficient (Wildman–Crippen LogP) is -0.576. The number of nitrogens with two attached hydrogens (primary N) is 1. The summed E-state index contributed by atoms with van der Waals surface area (Å²) in [6, 6.07) is 0. The Balaban J connectivity index is 1.48. The molecule has 3 heterocycles. The molecule has 2 aromatic rings. The summed E-state index contributed by atoms with van der Waals surface area (Å²) in [6.45, 7) is 2.06. The van der Waals surface area contributed by atoms with Gasteiger partial charge in [0.05, 0.1) is 19.5 Å². The Morgan fingerprint density at radius 1 is 1.02 bits per heavy atom. The van der Waals surface area contributed by atoms with Crippen molar-refractivity contribution in [2.24, 2.45) is 5.41 Å². The van der Waals surface area contributed by atoms with Gasteiger partial charge >= 0.3 is 23.5 Å². The summed E-state index contributed by atoms with van der Waals surface area (Å²) in [4.78, 5) is 98.6. The number of nitrogens with one attached hydrogen (secondary N) is 2. The maximum absolute atomic E-state index is 12.7. The quantitative estimate of drug-likeness (QED) is 0.0498. The number of fused-ring (bicyclic) bond motifs is 1. The van der Waals surface area contributed by atoms with E-state index >= 15 is 0 Å². The Kier molecular flexibility index (Phi) is 17.2. The third kappa shape index (κ3) is 14.6. The second kappa shape index (κ2) is 20.3. The molecule has 0 aliphatic carbocycles. The topological polar surface area (TPSA) is 381 Å². The van der Waals surface area contributed by atoms with Crippen molar-refractivity contribution in [2.75, 3.05) is 37.8 Å². The van der Waals surface area contributed by atoms with Crippen molar-refractivity contribution < 1.29 is 85.3 Å². The standard InChI is InChI=1S/C27H44N7O18P3S/c1-4-15(35)5-6-18(37)56-10-9-29-17(36)7-8-30-25(40)22(39)27(2,3)12-49-55(46,47)52-54(44,45)48-11-16-21(51-53(41,42)43)20(38)26(50-16)34-14-33-19-23(28)31-13-32-24(19)34/h13-14,16,20-22,26,38-39H,4-12H2,1-3H3,(H,29,36)(H,30,40)(H,44,45)(H,46,47)(H2,28,31,32)(H2,41,42,43)/t16-,20-,21-,22+,26-/m1/s1. The van der Waals surface area contributed by atoms with E-state index < -0.39 is 84.6 Å². The van der Waals surface area contributed by atoms with E-state index in [4.69, 9.17) is 19.5 Å². The fourth-order valence-electron chi connectivity index (χ4n) is 4.79. The first-order valence-electron chi connectivity index (χ1n) is 16.5. The van der Waals surface area contributed by atoms with E-state index in [1.165, 1.54) is 13.8 Å². The minimum atomic E-state index is -5.58. The van der Waals surface area contributed by atoms with Gasteiger partial charge < -0.3 is 50.9 Å². The van der Waals surface area contributed by atoms with Gasteiger partial charge in [0, 0.05) is 49.9 Å². The molecule has 56 heavy (non-hydrogen) atoms. The molecular formula is C27H44N7O18P3S. The molecule has 3 rings (SSSR count). The highest BCUT2D eigenvalue weighted by atomic mass is 32.2. The maximum Gasteiger partial charge on any atom is 0.481 e. The Morgan fingerprint density at radius 2 is 1.70 bits per heavy atom. The predicted molar refractivity (Wildman–Crippen MR) is 192 cm³/mol. The molecule has 0 radical (unpaired) electrons. The van der Waals surface area contributed by atoms with Crippen LogP contribution in [0.15, 0.2) is 12.7 Å². The number of phosphoric ester groups is 3. The van der Waals surface area contributed by atoms with Crippen molar-refractivity contribution >= 4 is 74.9 Å². The number of aromatic nitrogens is 4. The van der Waals surface area contributed by atoms with E-state index in [0.717, 1.165) is 29.0 Å². The summed E-state index contributed by atoms with van der Waals surface area (Å²) in [5.41, 5.74) is 4.23. The normalized spacial score (nSPS) is 21.6. The zero-order valence-corrected chi connectivity index (χ0v) is 33.6. The number of ketones is 1. The lowest BCUT2D eigenvalue weighted by Gasteiger charge is -2.30. The Labute approximate surface area is 322 Å². The van der Waals surface area contributed by atoms with Crippen LogP contribution in [0.2, 0.25) is 0 Å². The van der Waals surface area contributed by atoms with Gasteiger partial charge in [0.2, 0.25) is 11.8 Å². The number of phosphoric acid groups is 3. The van der Waals surface area contributed by atoms with Crippen molar-refractivity contribution in [2.45, 2.75) is 77.1 Å². The largest absolute Gasteiger partial charge is 0.481 e. The molecular weight excluding hydrogens is 835 g/mol. The monoisotopic (exact) mass is 879 g/mol. The summed E-state index contributed by atoms with van der Waals surface area (Å²) in [5, 5.41) is 26.1. The number of carbonyl (C=O) groups is 4. The van der Waals surface area contributed by atoms with E-state index in [0.29, 0.717) is 6.42 Å². The lowest BCUT2D eigenvalue weighted by atomic mass is 9.87. The van der Waals surface area contributed by atoms with Gasteiger partial charge in [-0.3, -0.25) is 37.3 Å². The van der Waals surface area contributed by atoms with E-state index in [2.05, 4.69) is 34.4 Å². The SMILES string of the molecule is CCC(=O)CCC(=O)SCCNC(=O)CCNC(=O)[C@H](O)C(C)(C)COP(=O)(O)OP(=O)(O)OC[C@H]1O[C@@H](n2cnc3c(N)ncnc32)[C@H](O)[C@@H]1OP(=O)(O)O. The molecule has 2 unspecified atom stereocenters. The van der Waals surface area contributed by atoms with Crippen LogP contribution in [0, 0.1) is 5.41 Å². The van der Waals surface area contributed by atoms with Crippen LogP contribution in [-0.4, -0.2) is 128 Å². The Bertz CT molecular complexity index is 1860. The first kappa shape index (κ1) is 47.6. The van der Waals surface area contributed by atoms with Crippen molar-refractivity contribution in [3.8, 4) is 0 Å². The van der Waals surface area contributed by atoms with Gasteiger partial charge in [-0.25, -0.2) is 28.6 Å². The highest BCUT2D eigenvalue weighted by molar-refractivity contribution is 8.13. The van der Waals surface area contributed by atoms with Crippen LogP contribution in [-0.2, 0) is 55.5 Å². The molecule has 2 amide bonds. The number of amides is 2. The first-order chi connectivity index (χ1) is 25.9. The van der Waals surface area contributed by atoms with Gasteiger partial charge in [0.1, 0.15) is 42.0 Å². The number of anilines is 1. The molecule has 1 saturated heterocycles. The molecule has 25 nitrogen and oxygen atoms in total. The van der Waals surface area contributed by atoms with Gasteiger partial charge in [-0.1, -0.05) is 32.5 Å². The molecule has 0 spiro atoms. The summed E-state index contributed by atoms with van der Waals surface area (Å²) in [6.07, 6.45) is -6.39. The van der Waals surface area contributed by atoms with Gasteiger partial charge in [-0.2, -0.15) is 4.31 Å². The number of ether oxygens (including phenoxy) is 1. The van der Waals surface area contributed by atoms with Crippen molar-refractivity contribution in [1.82, 2.24) is 30.2 Å². The number of hydrogen-bond acceptors (Lipinski definition) is 19. The van der Waals surface area contributed by atoms with Crippen molar-refractivity contribution in [1.29, 1.82) is 0 Å². The average Bonchev–Trinajstić information content (AvgIpc) is 3.66. The number of carbonyl (C=O) groups excluding carboxylic acids is 4. The minimum Gasteiger partial charge on any atom is -0.386 e. The molecule has 0 saturated carbocycles. The van der Waals surface area contributed by atoms with E-state index in [1.54, 1.807) is 6.92 Å². The first-order valence-corrected chi connectivity index (χ1v) is 22.0. The summed E-state index contributed by atoms with van der Waals surface area (Å²) in [7, 11) is -16.4. The Morgan fingerprint density at radius 3 is 2.36 bits per heavy atom. The number of Topliss-reactive ketones (excluding diaryl/α,β-unsaturated/α-hetero) is 1. The zero-order chi connectivity index (χ0) is 42.1. The van der Waals surface area contributed by atoms with Crippen LogP contribution in [0.4, 0.5) is 5.82 Å². The number of nitrogens with zero attached hydrogens (tertiary/aromatic N) is 4. The number of thioether (sulfide) groups is 1. The van der Waals surface area contributed by atoms with Crippen molar-refractivity contribution in [3.05, 3.63) is 12.7 Å². The van der Waals surface area contributed by atoms with Crippen LogP contribution >= 0.6 is 35.2 Å². The molecule has 0 bridgehead atoms. The van der Waals surface area contributed by atoms with Crippen molar-refractivity contribution in [3.63, 3.8) is 0 Å². The molecule has 7 atom stereocenters. The third-order valence-electron chi connectivity index (χ3n) is 7.77. The fourth-order valence-corrected chi connectivity index (χ4v) is 8.29. The van der Waals surface area contributed by atoms with Gasteiger partial charge in [0.25, 0.3) is 0 Å². The fraction of sp³-hybridized carbons (Fsp3) is 0.667. The van der Waals surface area contributed by atoms with Crippen LogP contribution in [0.5, 0.6) is 0 Å². The minimum absolute atomic E-state index is 0.0239. The summed E-state index contributed by atoms with van der Waals surface area (Å²) >= 11 is 0.970. The Hall–Kier alpha value is -2.77. The second-order valence-corrected chi connectivity index (χ2v) is 18.1. The molecule has 316 valence electrons. The molecule has 1 fully saturated rings. The summed E-state index contributed by atoms with van der Waals surface area (Å²) in [5.74, 6) is -1.27. The molecule has 0 aromatic carbocycles. The molecule has 1 aliphatic rings. The second-order valence-electron chi connectivity index (χ2n) is 12.7. The van der Waals surface area contributed by atoms with E-state index in [-0.39, 0.29) is 66.0 Å². The van der Waals surface area contributed by atoms with E-state index in [1.807, 2.05) is 0 Å². The maximum atomic E-state index is 12.7. The highest BCUT2D eigenvalue weighted by Gasteiger charge is 2.50. The molecule has 10 N–H and O–H groups in total. The number of aliphatic hydroxyl groups excluding tert-OH is 2. The molecule has 2 aromatic heterocycles. The number of imidazole rings is 1. The number of hydrogen-bond donors (Lipinski definition) is 9. The van der Waals surface area contributed by atoms with Crippen LogP contribution < -0.4 is 16.4 Å². The van der Waals surface area contributed by atoms with Gasteiger partial charge in [0.15, 0.2) is 22.8 Å². The lowest BCUT2D eigenvalue weighted by molar-refractivity contribution is -0.137. The van der Waals surface area contributed by atoms with Crippen LogP contribution in [0.3, 0.4) is 0 Å². The average molecular weight is 880 g/mol. The van der Waals surface area contributed by atoms with Gasteiger partial charge in [-0.15, -0.1) is 0 Å². The highest BCUT2D eigenvalue weighted by Crippen LogP contribution is 2.61. The zero-order valence-electron chi connectivity index (χ0n) is 30.1. The number of aliphatic hydroxyl groups is 2. The molecule has 1 aliphatic heterocycles. The van der Waals surface area contributed by atoms with Crippen LogP contribution in [0.1, 0.15) is 52.7 Å². The number of nitrogen functional groups attached to an aromatic ring is 1. The third-order valence-corrected chi connectivity index (χ3v) is 11.8. The van der Waals surface area contributed by atoms with E-state index in [9.17, 15) is 62.7 Å². The van der Waals surface area contributed by atoms with Crippen LogP contribution in [0.25, 0.3) is 11.2 Å². The lowest BCUT2D eigenvalue weighted by Crippen LogP contribution is -2.46.